The SMILES string of the molecule is CNc1cccc(Oc2cccnc2)n1. The van der Waals surface area contributed by atoms with Crippen molar-refractivity contribution in [1.29, 1.82) is 0 Å². The summed E-state index contributed by atoms with van der Waals surface area (Å²) in [6.07, 6.45) is 3.35. The molecule has 0 spiro atoms. The van der Waals surface area contributed by atoms with Crippen LogP contribution in [0.15, 0.2) is 42.7 Å². The zero-order valence-corrected chi connectivity index (χ0v) is 8.34. The first kappa shape index (κ1) is 9.45. The van der Waals surface area contributed by atoms with Crippen LogP contribution in [0.2, 0.25) is 0 Å². The molecule has 15 heavy (non-hydrogen) atoms. The van der Waals surface area contributed by atoms with Crippen LogP contribution in [-0.4, -0.2) is 17.0 Å². The molecule has 0 atom stereocenters. The van der Waals surface area contributed by atoms with E-state index in [4.69, 9.17) is 4.74 Å². The van der Waals surface area contributed by atoms with E-state index < -0.39 is 0 Å². The fourth-order valence-corrected chi connectivity index (χ4v) is 1.14. The highest BCUT2D eigenvalue weighted by atomic mass is 16.5. The maximum atomic E-state index is 5.51. The molecule has 4 nitrogen and oxygen atoms in total. The van der Waals surface area contributed by atoms with Gasteiger partial charge in [-0.2, -0.15) is 4.98 Å². The lowest BCUT2D eigenvalue weighted by Gasteiger charge is -2.05. The van der Waals surface area contributed by atoms with Crippen molar-refractivity contribution in [2.45, 2.75) is 0 Å². The standard InChI is InChI=1S/C11H11N3O/c1-12-10-5-2-6-11(14-10)15-9-4-3-7-13-8-9/h2-8H,1H3,(H,12,14). The van der Waals surface area contributed by atoms with Gasteiger partial charge in [0.2, 0.25) is 5.88 Å². The van der Waals surface area contributed by atoms with Crippen molar-refractivity contribution in [3.05, 3.63) is 42.7 Å². The Hall–Kier alpha value is -2.10. The number of anilines is 1. The van der Waals surface area contributed by atoms with Crippen LogP contribution in [0, 0.1) is 0 Å². The first-order valence-corrected chi connectivity index (χ1v) is 4.61. The van der Waals surface area contributed by atoms with Gasteiger partial charge in [0, 0.05) is 19.3 Å². The molecule has 0 aliphatic heterocycles. The average Bonchev–Trinajstić information content (AvgIpc) is 2.31. The van der Waals surface area contributed by atoms with Gasteiger partial charge in [-0.15, -0.1) is 0 Å². The Morgan fingerprint density at radius 2 is 2.13 bits per heavy atom. The van der Waals surface area contributed by atoms with Crippen LogP contribution in [0.3, 0.4) is 0 Å². The summed E-state index contributed by atoms with van der Waals surface area (Å²) < 4.78 is 5.51. The number of rotatable bonds is 3. The first-order valence-electron chi connectivity index (χ1n) is 4.61. The third-order valence-electron chi connectivity index (χ3n) is 1.84. The van der Waals surface area contributed by atoms with Gasteiger partial charge >= 0.3 is 0 Å². The van der Waals surface area contributed by atoms with Crippen molar-refractivity contribution >= 4 is 5.82 Å². The molecule has 1 N–H and O–H groups in total. The maximum Gasteiger partial charge on any atom is 0.221 e. The van der Waals surface area contributed by atoms with Gasteiger partial charge in [-0.25, -0.2) is 0 Å². The lowest BCUT2D eigenvalue weighted by molar-refractivity contribution is 0.461. The predicted molar refractivity (Wildman–Crippen MR) is 58.1 cm³/mol. The van der Waals surface area contributed by atoms with Gasteiger partial charge in [-0.05, 0) is 18.2 Å². The summed E-state index contributed by atoms with van der Waals surface area (Å²) in [4.78, 5) is 8.18. The molecular formula is C11H11N3O. The molecule has 2 aromatic rings. The second kappa shape index (κ2) is 4.41. The van der Waals surface area contributed by atoms with E-state index in [1.165, 1.54) is 0 Å². The van der Waals surface area contributed by atoms with Crippen LogP contribution in [0.1, 0.15) is 0 Å². The summed E-state index contributed by atoms with van der Waals surface area (Å²) in [5.41, 5.74) is 0. The summed E-state index contributed by atoms with van der Waals surface area (Å²) in [7, 11) is 1.82. The highest BCUT2D eigenvalue weighted by Gasteiger charge is 1.98. The van der Waals surface area contributed by atoms with Crippen molar-refractivity contribution in [3.63, 3.8) is 0 Å². The highest BCUT2D eigenvalue weighted by molar-refractivity contribution is 5.37. The van der Waals surface area contributed by atoms with E-state index in [1.807, 2.05) is 31.3 Å². The van der Waals surface area contributed by atoms with E-state index in [9.17, 15) is 0 Å². The Bertz CT molecular complexity index is 431. The number of hydrogen-bond acceptors (Lipinski definition) is 4. The van der Waals surface area contributed by atoms with Crippen LogP contribution >= 0.6 is 0 Å². The zero-order chi connectivity index (χ0) is 10.5. The predicted octanol–water partition coefficient (Wildman–Crippen LogP) is 2.31. The number of ether oxygens (including phenoxy) is 1. The molecule has 0 bridgehead atoms. The minimum Gasteiger partial charge on any atom is -0.437 e. The summed E-state index contributed by atoms with van der Waals surface area (Å²) in [5.74, 6) is 2.00. The van der Waals surface area contributed by atoms with Crippen molar-refractivity contribution < 1.29 is 4.74 Å². The Labute approximate surface area is 88.0 Å². The van der Waals surface area contributed by atoms with Crippen LogP contribution in [0.25, 0.3) is 0 Å². The molecule has 0 fully saturated rings. The molecule has 0 aliphatic carbocycles. The molecule has 2 heterocycles. The fourth-order valence-electron chi connectivity index (χ4n) is 1.14. The number of pyridine rings is 2. The van der Waals surface area contributed by atoms with E-state index in [1.54, 1.807) is 18.5 Å². The van der Waals surface area contributed by atoms with Gasteiger partial charge in [0.1, 0.15) is 11.6 Å². The lowest BCUT2D eigenvalue weighted by atomic mass is 10.4. The number of nitrogens with one attached hydrogen (secondary N) is 1. The van der Waals surface area contributed by atoms with Gasteiger partial charge in [-0.1, -0.05) is 6.07 Å². The number of nitrogens with zero attached hydrogens (tertiary/aromatic N) is 2. The van der Waals surface area contributed by atoms with Crippen LogP contribution in [-0.2, 0) is 0 Å². The van der Waals surface area contributed by atoms with Crippen LogP contribution < -0.4 is 10.1 Å². The Balaban J connectivity index is 2.17. The van der Waals surface area contributed by atoms with E-state index >= 15 is 0 Å². The zero-order valence-electron chi connectivity index (χ0n) is 8.34. The number of hydrogen-bond donors (Lipinski definition) is 1. The lowest BCUT2D eigenvalue weighted by Crippen LogP contribution is -1.94. The Kier molecular flexibility index (Phi) is 2.78. The minimum absolute atomic E-state index is 0.551. The van der Waals surface area contributed by atoms with Gasteiger partial charge in [0.05, 0.1) is 6.20 Å². The Morgan fingerprint density at radius 3 is 2.87 bits per heavy atom. The molecule has 0 saturated heterocycles. The molecule has 76 valence electrons. The Morgan fingerprint density at radius 1 is 1.20 bits per heavy atom. The van der Waals surface area contributed by atoms with Crippen LogP contribution in [0.4, 0.5) is 5.82 Å². The second-order valence-electron chi connectivity index (χ2n) is 2.90. The quantitative estimate of drug-likeness (QED) is 0.827. The van der Waals surface area contributed by atoms with E-state index in [-0.39, 0.29) is 0 Å². The largest absolute Gasteiger partial charge is 0.437 e. The maximum absolute atomic E-state index is 5.51. The van der Waals surface area contributed by atoms with Crippen LogP contribution in [0.5, 0.6) is 11.6 Å². The fraction of sp³-hybridized carbons (Fsp3) is 0.0909. The smallest absolute Gasteiger partial charge is 0.221 e. The highest BCUT2D eigenvalue weighted by Crippen LogP contribution is 2.18. The summed E-state index contributed by atoms with van der Waals surface area (Å²) in [6.45, 7) is 0. The summed E-state index contributed by atoms with van der Waals surface area (Å²) >= 11 is 0. The third kappa shape index (κ3) is 2.43. The molecule has 0 amide bonds. The molecule has 0 unspecified atom stereocenters. The average molecular weight is 201 g/mol. The van der Waals surface area contributed by atoms with Crippen molar-refractivity contribution in [2.75, 3.05) is 12.4 Å². The monoisotopic (exact) mass is 201 g/mol. The topological polar surface area (TPSA) is 47.0 Å². The van der Waals surface area contributed by atoms with E-state index in [0.29, 0.717) is 11.6 Å². The van der Waals surface area contributed by atoms with Gasteiger partial charge in [0.15, 0.2) is 0 Å². The van der Waals surface area contributed by atoms with E-state index in [2.05, 4.69) is 15.3 Å². The number of aromatic nitrogens is 2. The van der Waals surface area contributed by atoms with Gasteiger partial charge in [-0.3, -0.25) is 4.98 Å². The van der Waals surface area contributed by atoms with E-state index in [0.717, 1.165) is 5.82 Å². The molecule has 2 rings (SSSR count). The molecule has 4 heteroatoms. The molecule has 0 aromatic carbocycles. The molecule has 0 saturated carbocycles. The van der Waals surface area contributed by atoms with Gasteiger partial charge in [0.25, 0.3) is 0 Å². The van der Waals surface area contributed by atoms with Crippen molar-refractivity contribution in [1.82, 2.24) is 9.97 Å². The molecule has 0 aliphatic rings. The normalized spacial score (nSPS) is 9.67. The van der Waals surface area contributed by atoms with Crippen molar-refractivity contribution in [3.8, 4) is 11.6 Å². The summed E-state index contributed by atoms with van der Waals surface area (Å²) in [6, 6.07) is 9.20. The second-order valence-corrected chi connectivity index (χ2v) is 2.90. The first-order chi connectivity index (χ1) is 7.38. The van der Waals surface area contributed by atoms with Gasteiger partial charge < -0.3 is 10.1 Å². The minimum atomic E-state index is 0.551. The summed E-state index contributed by atoms with van der Waals surface area (Å²) in [5, 5.41) is 2.95. The van der Waals surface area contributed by atoms with Crippen molar-refractivity contribution in [2.24, 2.45) is 0 Å². The third-order valence-corrected chi connectivity index (χ3v) is 1.84. The molecule has 2 aromatic heterocycles. The molecule has 0 radical (unpaired) electrons. The molecular weight excluding hydrogens is 190 g/mol.